The van der Waals surface area contributed by atoms with E-state index >= 15 is 0 Å². The molecule has 2 saturated heterocycles. The molecule has 0 radical (unpaired) electrons. The maximum absolute atomic E-state index is 10.6. The third-order valence-electron chi connectivity index (χ3n) is 4.77. The van der Waals surface area contributed by atoms with E-state index in [4.69, 9.17) is 42.1 Å². The van der Waals surface area contributed by atoms with E-state index in [0.29, 0.717) is 15.6 Å². The topological polar surface area (TPSA) is 77.4 Å². The molecule has 0 aliphatic carbocycles. The molecular formula is C20H20Cl2O6. The summed E-state index contributed by atoms with van der Waals surface area (Å²) in [6, 6.07) is 14.2. The number of aliphatic hydroxyl groups excluding tert-OH is 2. The Kier molecular flexibility index (Phi) is 6.20. The minimum atomic E-state index is -1.20. The fourth-order valence-corrected chi connectivity index (χ4v) is 3.69. The van der Waals surface area contributed by atoms with E-state index in [1.807, 2.05) is 6.07 Å². The van der Waals surface area contributed by atoms with Crippen LogP contribution in [0.25, 0.3) is 0 Å². The molecule has 2 bridgehead atoms. The van der Waals surface area contributed by atoms with E-state index in [0.717, 1.165) is 5.56 Å². The molecule has 2 aromatic rings. The van der Waals surface area contributed by atoms with Crippen LogP contribution in [0.15, 0.2) is 48.5 Å². The number of ether oxygens (including phenoxy) is 4. The molecule has 28 heavy (non-hydrogen) atoms. The van der Waals surface area contributed by atoms with Gasteiger partial charge in [-0.2, -0.15) is 0 Å². The van der Waals surface area contributed by atoms with Gasteiger partial charge in [-0.1, -0.05) is 47.5 Å². The Bertz CT molecular complexity index is 797. The Hall–Kier alpha value is -1.22. The van der Waals surface area contributed by atoms with Crippen LogP contribution in [-0.2, 0) is 18.9 Å². The first-order chi connectivity index (χ1) is 13.5. The molecule has 2 aliphatic rings. The molecule has 0 spiro atoms. The molecule has 6 nitrogen and oxygen atoms in total. The molecule has 6 atom stereocenters. The summed E-state index contributed by atoms with van der Waals surface area (Å²) in [5.41, 5.74) is 1.40. The van der Waals surface area contributed by atoms with Crippen LogP contribution in [0.4, 0.5) is 0 Å². The molecule has 150 valence electrons. The van der Waals surface area contributed by atoms with Crippen molar-refractivity contribution in [2.24, 2.45) is 0 Å². The van der Waals surface area contributed by atoms with Crippen molar-refractivity contribution < 1.29 is 29.2 Å². The second kappa shape index (κ2) is 8.65. The lowest BCUT2D eigenvalue weighted by molar-refractivity contribution is -0.252. The lowest BCUT2D eigenvalue weighted by Crippen LogP contribution is -2.45. The molecule has 2 aromatic carbocycles. The maximum Gasteiger partial charge on any atom is 0.185 e. The van der Waals surface area contributed by atoms with Gasteiger partial charge in [0.25, 0.3) is 0 Å². The number of aliphatic hydroxyl groups is 2. The Morgan fingerprint density at radius 2 is 1.18 bits per heavy atom. The number of hydrogen-bond acceptors (Lipinski definition) is 6. The highest BCUT2D eigenvalue weighted by molar-refractivity contribution is 6.30. The Morgan fingerprint density at radius 1 is 0.714 bits per heavy atom. The van der Waals surface area contributed by atoms with Crippen LogP contribution < -0.4 is 0 Å². The largest absolute Gasteiger partial charge is 0.387 e. The molecular weight excluding hydrogens is 407 g/mol. The van der Waals surface area contributed by atoms with Gasteiger partial charge in [-0.25, -0.2) is 0 Å². The zero-order valence-corrected chi connectivity index (χ0v) is 16.3. The lowest BCUT2D eigenvalue weighted by Gasteiger charge is -2.28. The van der Waals surface area contributed by atoms with Gasteiger partial charge >= 0.3 is 0 Å². The summed E-state index contributed by atoms with van der Waals surface area (Å²) in [7, 11) is 0. The number of halogens is 2. The highest BCUT2D eigenvalue weighted by Gasteiger charge is 2.43. The van der Waals surface area contributed by atoms with Crippen molar-refractivity contribution in [3.05, 3.63) is 69.7 Å². The Balaban J connectivity index is 1.60. The molecule has 2 unspecified atom stereocenters. The fraction of sp³-hybridized carbons (Fsp3) is 0.400. The highest BCUT2D eigenvalue weighted by atomic mass is 35.5. The summed E-state index contributed by atoms with van der Waals surface area (Å²) in [5, 5.41) is 22.2. The minimum Gasteiger partial charge on any atom is -0.387 e. The average molecular weight is 427 g/mol. The normalized spacial score (nSPS) is 33.6. The standard InChI is InChI=1S/C20H20Cl2O6/c21-13-5-1-3-11(7-13)19-25-9-15-17(23)18(24)16(10-26-19)28-20(27-15)12-4-2-6-14(22)8-12/h1-8,15-20,23-24H,9-10H2/t15-,16+,17-,18-,19?,20?/m0/s1. The highest BCUT2D eigenvalue weighted by Crippen LogP contribution is 2.34. The predicted molar refractivity (Wildman–Crippen MR) is 102 cm³/mol. The second-order valence-electron chi connectivity index (χ2n) is 6.77. The van der Waals surface area contributed by atoms with Crippen molar-refractivity contribution >= 4 is 23.2 Å². The molecule has 8 heteroatoms. The summed E-state index contributed by atoms with van der Waals surface area (Å²) in [5.74, 6) is 0. The van der Waals surface area contributed by atoms with E-state index in [-0.39, 0.29) is 13.2 Å². The summed E-state index contributed by atoms with van der Waals surface area (Å²) in [6.45, 7) is -0.0227. The van der Waals surface area contributed by atoms with Crippen molar-refractivity contribution in [3.8, 4) is 0 Å². The summed E-state index contributed by atoms with van der Waals surface area (Å²) in [6.07, 6.45) is -5.60. The number of fused-ring (bicyclic) bond motifs is 3. The van der Waals surface area contributed by atoms with E-state index < -0.39 is 37.0 Å². The van der Waals surface area contributed by atoms with Crippen LogP contribution in [0, 0.1) is 0 Å². The maximum atomic E-state index is 10.6. The van der Waals surface area contributed by atoms with Crippen LogP contribution in [0.2, 0.25) is 10.0 Å². The zero-order chi connectivity index (χ0) is 19.7. The lowest BCUT2D eigenvalue weighted by atomic mass is 10.0. The predicted octanol–water partition coefficient (Wildman–Crippen LogP) is 3.24. The van der Waals surface area contributed by atoms with Gasteiger partial charge < -0.3 is 29.2 Å². The van der Waals surface area contributed by atoms with E-state index in [9.17, 15) is 10.2 Å². The van der Waals surface area contributed by atoms with Crippen molar-refractivity contribution in [1.29, 1.82) is 0 Å². The average Bonchev–Trinajstić information content (AvgIpc) is 2.77. The van der Waals surface area contributed by atoms with Crippen LogP contribution in [0.5, 0.6) is 0 Å². The van der Waals surface area contributed by atoms with Crippen LogP contribution in [0.3, 0.4) is 0 Å². The third-order valence-corrected chi connectivity index (χ3v) is 5.24. The van der Waals surface area contributed by atoms with Gasteiger partial charge in [-0.15, -0.1) is 0 Å². The van der Waals surface area contributed by atoms with Gasteiger partial charge in [0.1, 0.15) is 24.4 Å². The summed E-state index contributed by atoms with van der Waals surface area (Å²) in [4.78, 5) is 0. The van der Waals surface area contributed by atoms with Gasteiger partial charge in [0.2, 0.25) is 0 Å². The Morgan fingerprint density at radius 3 is 1.64 bits per heavy atom. The smallest absolute Gasteiger partial charge is 0.185 e. The molecule has 2 heterocycles. The van der Waals surface area contributed by atoms with Crippen molar-refractivity contribution in [2.75, 3.05) is 13.2 Å². The third kappa shape index (κ3) is 4.35. The number of benzene rings is 2. The quantitative estimate of drug-likeness (QED) is 0.767. The molecule has 0 aromatic heterocycles. The van der Waals surface area contributed by atoms with Gasteiger partial charge in [-0.05, 0) is 24.3 Å². The molecule has 0 amide bonds. The van der Waals surface area contributed by atoms with Crippen molar-refractivity contribution in [2.45, 2.75) is 37.0 Å². The van der Waals surface area contributed by atoms with Crippen molar-refractivity contribution in [1.82, 2.24) is 0 Å². The summed E-state index contributed by atoms with van der Waals surface area (Å²) >= 11 is 12.1. The van der Waals surface area contributed by atoms with Crippen LogP contribution in [0.1, 0.15) is 23.7 Å². The van der Waals surface area contributed by atoms with Crippen molar-refractivity contribution in [3.63, 3.8) is 0 Å². The fourth-order valence-electron chi connectivity index (χ4n) is 3.29. The van der Waals surface area contributed by atoms with Crippen LogP contribution >= 0.6 is 23.2 Å². The first kappa shape index (κ1) is 20.1. The molecule has 2 fully saturated rings. The van der Waals surface area contributed by atoms with Gasteiger partial charge in [-0.3, -0.25) is 0 Å². The van der Waals surface area contributed by atoms with Gasteiger partial charge in [0.15, 0.2) is 12.6 Å². The minimum absolute atomic E-state index is 0.0114. The number of hydrogen-bond donors (Lipinski definition) is 2. The molecule has 2 N–H and O–H groups in total. The van der Waals surface area contributed by atoms with Crippen LogP contribution in [-0.4, -0.2) is 47.8 Å². The monoisotopic (exact) mass is 426 g/mol. The molecule has 4 rings (SSSR count). The number of rotatable bonds is 2. The molecule has 2 aliphatic heterocycles. The summed E-state index contributed by atoms with van der Waals surface area (Å²) < 4.78 is 23.6. The van der Waals surface area contributed by atoms with Gasteiger partial charge in [0.05, 0.1) is 13.2 Å². The Labute approximate surface area is 172 Å². The molecule has 0 saturated carbocycles. The SMILES string of the molecule is O[C@@H]1[C@@H](O)[C@H]2COC(c3cccc(Cl)c3)OC[C@@H]1OC(c1cccc(Cl)c1)O2. The van der Waals surface area contributed by atoms with E-state index in [1.54, 1.807) is 42.5 Å². The first-order valence-corrected chi connectivity index (χ1v) is 9.68. The van der Waals surface area contributed by atoms with E-state index in [1.165, 1.54) is 0 Å². The zero-order valence-electron chi connectivity index (χ0n) is 14.8. The van der Waals surface area contributed by atoms with E-state index in [2.05, 4.69) is 0 Å². The first-order valence-electron chi connectivity index (χ1n) is 8.92. The second-order valence-corrected chi connectivity index (χ2v) is 7.64. The van der Waals surface area contributed by atoms with Gasteiger partial charge in [0, 0.05) is 21.2 Å².